The zero-order valence-corrected chi connectivity index (χ0v) is 11.2. The van der Waals surface area contributed by atoms with Gasteiger partial charge in [-0.2, -0.15) is 0 Å². The molecule has 1 aliphatic heterocycles. The van der Waals surface area contributed by atoms with Gasteiger partial charge in [0.1, 0.15) is 11.9 Å². The summed E-state index contributed by atoms with van der Waals surface area (Å²) in [5, 5.41) is 1.98. The van der Waals surface area contributed by atoms with E-state index in [0.29, 0.717) is 0 Å². The number of ether oxygens (including phenoxy) is 1. The molecule has 1 aliphatic rings. The Morgan fingerprint density at radius 2 is 2.11 bits per heavy atom. The fourth-order valence-corrected chi connectivity index (χ4v) is 2.05. The quantitative estimate of drug-likeness (QED) is 0.846. The van der Waals surface area contributed by atoms with Crippen LogP contribution in [0.4, 0.5) is 18.0 Å². The molecule has 1 N–H and O–H groups in total. The number of amides is 1. The highest BCUT2D eigenvalue weighted by Gasteiger charge is 2.47. The fraction of sp³-hybridized carbons (Fsp3) is 0.300. The topological polar surface area (TPSA) is 38.3 Å². The third-order valence-electron chi connectivity index (χ3n) is 2.37. The average molecular weight is 347 g/mol. The van der Waals surface area contributed by atoms with Crippen LogP contribution >= 0.6 is 28.3 Å². The number of cyclic esters (lactones) is 1. The Hall–Kier alpha value is -0.950. The van der Waals surface area contributed by atoms with Crippen LogP contribution in [0.2, 0.25) is 0 Å². The maximum Gasteiger partial charge on any atom is 0.408 e. The minimum atomic E-state index is -3.29. The van der Waals surface area contributed by atoms with Crippen LogP contribution in [0.1, 0.15) is 11.6 Å². The summed E-state index contributed by atoms with van der Waals surface area (Å²) in [7, 11) is 0. The normalized spacial score (nSPS) is 21.6. The molecule has 1 aromatic rings. The van der Waals surface area contributed by atoms with E-state index in [0.717, 1.165) is 6.07 Å². The molecular formula is C10H8BrClF3NO2. The number of halogens is 5. The van der Waals surface area contributed by atoms with Gasteiger partial charge in [0.15, 0.2) is 6.61 Å². The van der Waals surface area contributed by atoms with E-state index in [1.807, 2.05) is 5.32 Å². The maximum atomic E-state index is 13.6. The molecule has 1 amide bonds. The van der Waals surface area contributed by atoms with Crippen molar-refractivity contribution in [3.63, 3.8) is 0 Å². The maximum absolute atomic E-state index is 13.6. The molecule has 0 bridgehead atoms. The average Bonchev–Trinajstić information content (AvgIpc) is 2.26. The molecule has 100 valence electrons. The molecule has 0 spiro atoms. The van der Waals surface area contributed by atoms with E-state index < -0.39 is 30.5 Å². The van der Waals surface area contributed by atoms with Crippen LogP contribution in [-0.2, 0) is 4.74 Å². The van der Waals surface area contributed by atoms with Gasteiger partial charge in [-0.15, -0.1) is 12.4 Å². The second-order valence-corrected chi connectivity index (χ2v) is 4.35. The number of rotatable bonds is 1. The number of benzene rings is 1. The Morgan fingerprint density at radius 1 is 1.44 bits per heavy atom. The lowest BCUT2D eigenvalue weighted by atomic mass is 10.00. The van der Waals surface area contributed by atoms with Gasteiger partial charge in [0.05, 0.1) is 4.47 Å². The number of hydrogen-bond acceptors (Lipinski definition) is 2. The minimum absolute atomic E-state index is 0. The molecule has 18 heavy (non-hydrogen) atoms. The SMILES string of the molecule is Cl.O=C1N[C@@H](c2cccc(F)c2Br)C(F)(F)CO1. The fourth-order valence-electron chi connectivity index (χ4n) is 1.56. The van der Waals surface area contributed by atoms with E-state index in [-0.39, 0.29) is 22.4 Å². The third kappa shape index (κ3) is 2.72. The van der Waals surface area contributed by atoms with Crippen LogP contribution in [0, 0.1) is 5.82 Å². The van der Waals surface area contributed by atoms with E-state index in [1.165, 1.54) is 12.1 Å². The highest BCUT2D eigenvalue weighted by atomic mass is 79.9. The number of hydrogen-bond donors (Lipinski definition) is 1. The van der Waals surface area contributed by atoms with Crippen molar-refractivity contribution in [1.29, 1.82) is 0 Å². The Balaban J connectivity index is 0.00000162. The zero-order valence-electron chi connectivity index (χ0n) is 8.75. The van der Waals surface area contributed by atoms with E-state index in [9.17, 15) is 18.0 Å². The molecule has 1 fully saturated rings. The van der Waals surface area contributed by atoms with Crippen molar-refractivity contribution in [2.75, 3.05) is 6.61 Å². The molecule has 0 aromatic heterocycles. The molecule has 0 radical (unpaired) electrons. The van der Waals surface area contributed by atoms with Crippen molar-refractivity contribution in [3.05, 3.63) is 34.1 Å². The van der Waals surface area contributed by atoms with Crippen LogP contribution in [0.15, 0.2) is 22.7 Å². The van der Waals surface area contributed by atoms with Gasteiger partial charge in [-0.3, -0.25) is 0 Å². The first-order valence-electron chi connectivity index (χ1n) is 4.67. The van der Waals surface area contributed by atoms with Crippen LogP contribution in [0.25, 0.3) is 0 Å². The van der Waals surface area contributed by atoms with E-state index in [2.05, 4.69) is 20.7 Å². The second-order valence-electron chi connectivity index (χ2n) is 3.56. The van der Waals surface area contributed by atoms with E-state index in [4.69, 9.17) is 0 Å². The molecule has 1 atom stereocenters. The van der Waals surface area contributed by atoms with Gasteiger partial charge in [-0.1, -0.05) is 12.1 Å². The van der Waals surface area contributed by atoms with Crippen molar-refractivity contribution >= 4 is 34.4 Å². The highest BCUT2D eigenvalue weighted by Crippen LogP contribution is 2.38. The van der Waals surface area contributed by atoms with Crippen molar-refractivity contribution in [1.82, 2.24) is 5.32 Å². The van der Waals surface area contributed by atoms with Crippen molar-refractivity contribution in [2.45, 2.75) is 12.0 Å². The number of nitrogens with one attached hydrogen (secondary N) is 1. The molecular weight excluding hydrogens is 338 g/mol. The second kappa shape index (κ2) is 5.36. The summed E-state index contributed by atoms with van der Waals surface area (Å²) in [5.74, 6) is -3.96. The van der Waals surface area contributed by atoms with E-state index in [1.54, 1.807) is 0 Å². The van der Waals surface area contributed by atoms with Crippen LogP contribution in [-0.4, -0.2) is 18.6 Å². The van der Waals surface area contributed by atoms with Gasteiger partial charge in [-0.05, 0) is 27.6 Å². The first kappa shape index (κ1) is 15.1. The molecule has 1 aromatic carbocycles. The first-order valence-corrected chi connectivity index (χ1v) is 5.46. The molecule has 2 rings (SSSR count). The summed E-state index contributed by atoms with van der Waals surface area (Å²) in [4.78, 5) is 11.0. The lowest BCUT2D eigenvalue weighted by molar-refractivity contribution is -0.104. The Morgan fingerprint density at radius 3 is 2.78 bits per heavy atom. The first-order chi connectivity index (χ1) is 7.92. The summed E-state index contributed by atoms with van der Waals surface area (Å²) in [6.07, 6.45) is -0.947. The molecule has 8 heteroatoms. The van der Waals surface area contributed by atoms with Crippen LogP contribution in [0.5, 0.6) is 0 Å². The smallest absolute Gasteiger partial charge is 0.408 e. The van der Waals surface area contributed by atoms with Gasteiger partial charge >= 0.3 is 12.0 Å². The monoisotopic (exact) mass is 345 g/mol. The predicted octanol–water partition coefficient (Wildman–Crippen LogP) is 3.43. The number of carbonyl (C=O) groups excluding carboxylic acids is 1. The summed E-state index contributed by atoms with van der Waals surface area (Å²) in [6.45, 7) is -1.02. The van der Waals surface area contributed by atoms with Crippen LogP contribution < -0.4 is 5.32 Å². The number of carbonyl (C=O) groups is 1. The van der Waals surface area contributed by atoms with Gasteiger partial charge in [0.2, 0.25) is 0 Å². The molecule has 0 saturated carbocycles. The molecule has 0 unspecified atom stereocenters. The van der Waals surface area contributed by atoms with Crippen LogP contribution in [0.3, 0.4) is 0 Å². The highest BCUT2D eigenvalue weighted by molar-refractivity contribution is 9.10. The summed E-state index contributed by atoms with van der Waals surface area (Å²) in [6, 6.07) is 2.14. The zero-order chi connectivity index (χ0) is 12.6. The molecule has 1 saturated heterocycles. The lowest BCUT2D eigenvalue weighted by Gasteiger charge is -2.32. The number of alkyl carbamates (subject to hydrolysis) is 1. The lowest BCUT2D eigenvalue weighted by Crippen LogP contribution is -2.49. The van der Waals surface area contributed by atoms with Gasteiger partial charge in [-0.25, -0.2) is 18.0 Å². The van der Waals surface area contributed by atoms with Crippen molar-refractivity contribution in [3.8, 4) is 0 Å². The summed E-state index contributed by atoms with van der Waals surface area (Å²) >= 11 is 2.89. The summed E-state index contributed by atoms with van der Waals surface area (Å²) in [5.41, 5.74) is -0.0216. The van der Waals surface area contributed by atoms with Crippen molar-refractivity contribution < 1.29 is 22.7 Å². The van der Waals surface area contributed by atoms with Gasteiger partial charge in [0, 0.05) is 0 Å². The Labute approximate surface area is 115 Å². The standard InChI is InChI=1S/C10H7BrF3NO2.ClH/c11-7-5(2-1-3-6(7)12)8-10(13,14)4-17-9(16)15-8;/h1-3,8H,4H2,(H,15,16);1H/t8-;/m0./s1. The Kier molecular flexibility index (Phi) is 4.50. The molecule has 0 aliphatic carbocycles. The van der Waals surface area contributed by atoms with E-state index >= 15 is 0 Å². The third-order valence-corrected chi connectivity index (χ3v) is 3.21. The predicted molar refractivity (Wildman–Crippen MR) is 63.5 cm³/mol. The van der Waals surface area contributed by atoms with Gasteiger partial charge in [0.25, 0.3) is 0 Å². The summed E-state index contributed by atoms with van der Waals surface area (Å²) < 4.78 is 44.5. The number of alkyl halides is 2. The molecule has 1 heterocycles. The van der Waals surface area contributed by atoms with Crippen molar-refractivity contribution in [2.24, 2.45) is 0 Å². The van der Waals surface area contributed by atoms with Gasteiger partial charge < -0.3 is 10.1 Å². The minimum Gasteiger partial charge on any atom is -0.443 e. The Bertz CT molecular complexity index is 472. The molecule has 3 nitrogen and oxygen atoms in total. The largest absolute Gasteiger partial charge is 0.443 e.